The second kappa shape index (κ2) is 4.90. The highest BCUT2D eigenvalue weighted by Crippen LogP contribution is 2.14. The zero-order valence-corrected chi connectivity index (χ0v) is 7.25. The fraction of sp³-hybridized carbons (Fsp3) is 0.250. The highest BCUT2D eigenvalue weighted by atomic mass is 15.1. The van der Waals surface area contributed by atoms with E-state index in [1.54, 1.807) is 24.7 Å². The number of aromatic nitrogens is 1. The third kappa shape index (κ3) is 2.57. The van der Waals surface area contributed by atoms with Gasteiger partial charge in [0.05, 0.1) is 0 Å². The summed E-state index contributed by atoms with van der Waals surface area (Å²) in [6.07, 6.45) is 4.84. The van der Waals surface area contributed by atoms with Gasteiger partial charge in [-0.15, -0.1) is 0 Å². The van der Waals surface area contributed by atoms with Gasteiger partial charge in [0.1, 0.15) is 0 Å². The molecule has 0 aromatic carbocycles. The molecule has 0 atom stereocenters. The van der Waals surface area contributed by atoms with Crippen LogP contribution in [0.3, 0.4) is 0 Å². The molecule has 0 aliphatic heterocycles. The zero-order valence-electron chi connectivity index (χ0n) is 7.25. The molecule has 0 N–H and O–H groups in total. The van der Waals surface area contributed by atoms with E-state index in [0.29, 0.717) is 12.2 Å². The maximum absolute atomic E-state index is 8.26. The van der Waals surface area contributed by atoms with E-state index in [1.807, 2.05) is 6.92 Å². The Morgan fingerprint density at radius 1 is 1.69 bits per heavy atom. The van der Waals surface area contributed by atoms with Gasteiger partial charge < -0.3 is 0 Å². The van der Waals surface area contributed by atoms with Crippen LogP contribution in [0.5, 0.6) is 0 Å². The van der Waals surface area contributed by atoms with Gasteiger partial charge in [0.25, 0.3) is 0 Å². The maximum Gasteiger partial charge on any atom is 0.0493 e. The zero-order chi connectivity index (χ0) is 9.52. The van der Waals surface area contributed by atoms with Crippen LogP contribution in [-0.4, -0.2) is 17.7 Å². The molecular weight excluding hydrogens is 166 g/mol. The summed E-state index contributed by atoms with van der Waals surface area (Å²) in [6, 6.07) is 1.65. The van der Waals surface area contributed by atoms with Crippen molar-refractivity contribution >= 4 is 11.9 Å². The van der Waals surface area contributed by atoms with Crippen LogP contribution in [0.15, 0.2) is 28.6 Å². The van der Waals surface area contributed by atoms with E-state index in [2.05, 4.69) is 20.0 Å². The van der Waals surface area contributed by atoms with Crippen LogP contribution < -0.4 is 0 Å². The van der Waals surface area contributed by atoms with E-state index in [4.69, 9.17) is 5.53 Å². The molecule has 0 spiro atoms. The van der Waals surface area contributed by atoms with Crippen LogP contribution in [-0.2, 0) is 0 Å². The Bertz CT molecular complexity index is 351. The second-order valence-corrected chi connectivity index (χ2v) is 2.25. The smallest absolute Gasteiger partial charge is 0.0493 e. The van der Waals surface area contributed by atoms with Crippen molar-refractivity contribution in [3.05, 3.63) is 34.5 Å². The first kappa shape index (κ1) is 9.22. The van der Waals surface area contributed by atoms with E-state index in [-0.39, 0.29) is 0 Å². The minimum atomic E-state index is 0.551. The molecule has 0 radical (unpaired) electrons. The predicted octanol–water partition coefficient (Wildman–Crippen LogP) is 2.46. The Balaban J connectivity index is 3.04. The monoisotopic (exact) mass is 175 g/mol. The van der Waals surface area contributed by atoms with E-state index in [0.717, 1.165) is 5.56 Å². The number of rotatable bonds is 3. The molecule has 0 unspecified atom stereocenters. The summed E-state index contributed by atoms with van der Waals surface area (Å²) in [5.74, 6) is 0. The van der Waals surface area contributed by atoms with Gasteiger partial charge in [-0.05, 0) is 18.5 Å². The van der Waals surface area contributed by atoms with E-state index in [9.17, 15) is 0 Å². The summed E-state index contributed by atoms with van der Waals surface area (Å²) >= 11 is 0. The maximum atomic E-state index is 8.26. The molecule has 0 saturated carbocycles. The van der Waals surface area contributed by atoms with E-state index >= 15 is 0 Å². The van der Waals surface area contributed by atoms with Gasteiger partial charge >= 0.3 is 0 Å². The fourth-order valence-corrected chi connectivity index (χ4v) is 0.828. The van der Waals surface area contributed by atoms with Crippen LogP contribution in [0.2, 0.25) is 0 Å². The molecule has 0 fully saturated rings. The molecule has 0 bridgehead atoms. The molecule has 13 heavy (non-hydrogen) atoms. The fourth-order valence-electron chi connectivity index (χ4n) is 0.828. The van der Waals surface area contributed by atoms with Crippen molar-refractivity contribution in [2.45, 2.75) is 6.92 Å². The average molecular weight is 175 g/mol. The molecule has 0 aliphatic rings. The van der Waals surface area contributed by atoms with Crippen molar-refractivity contribution in [3.63, 3.8) is 0 Å². The minimum absolute atomic E-state index is 0.551. The van der Waals surface area contributed by atoms with Gasteiger partial charge in [0.2, 0.25) is 0 Å². The van der Waals surface area contributed by atoms with Gasteiger partial charge in [0, 0.05) is 41.3 Å². The van der Waals surface area contributed by atoms with E-state index < -0.39 is 0 Å². The van der Waals surface area contributed by atoms with Crippen molar-refractivity contribution < 1.29 is 0 Å². The first-order valence-electron chi connectivity index (χ1n) is 3.87. The molecule has 0 saturated heterocycles. The van der Waals surface area contributed by atoms with Crippen molar-refractivity contribution in [1.82, 2.24) is 4.98 Å². The summed E-state index contributed by atoms with van der Waals surface area (Å²) in [4.78, 5) is 10.7. The van der Waals surface area contributed by atoms with Crippen LogP contribution in [0.4, 0.5) is 5.69 Å². The molecule has 0 amide bonds. The van der Waals surface area contributed by atoms with Crippen molar-refractivity contribution in [2.24, 2.45) is 10.1 Å². The summed E-state index contributed by atoms with van der Waals surface area (Å²) < 4.78 is 0. The molecule has 1 heterocycles. The summed E-state index contributed by atoms with van der Waals surface area (Å²) in [5, 5.41) is 3.51. The third-order valence-electron chi connectivity index (χ3n) is 1.39. The predicted molar refractivity (Wildman–Crippen MR) is 51.2 cm³/mol. The van der Waals surface area contributed by atoms with Gasteiger partial charge in [-0.2, -0.15) is 0 Å². The van der Waals surface area contributed by atoms with Crippen LogP contribution >= 0.6 is 0 Å². The van der Waals surface area contributed by atoms with Crippen LogP contribution in [0.1, 0.15) is 12.5 Å². The third-order valence-corrected chi connectivity index (χ3v) is 1.39. The standard InChI is InChI=1S/C8H9N5/c1-2-10-5-7-6-11-4-3-8(7)12-13-9/h3-6H,2H2,1H3. The van der Waals surface area contributed by atoms with Crippen LogP contribution in [0.25, 0.3) is 10.4 Å². The summed E-state index contributed by atoms with van der Waals surface area (Å²) in [7, 11) is 0. The number of nitrogens with zero attached hydrogens (tertiary/aromatic N) is 5. The van der Waals surface area contributed by atoms with Crippen molar-refractivity contribution in [2.75, 3.05) is 6.54 Å². The minimum Gasteiger partial charge on any atom is -0.293 e. The van der Waals surface area contributed by atoms with Gasteiger partial charge in [-0.25, -0.2) is 0 Å². The lowest BCUT2D eigenvalue weighted by atomic mass is 10.2. The van der Waals surface area contributed by atoms with Crippen molar-refractivity contribution in [1.29, 1.82) is 0 Å². The Morgan fingerprint density at radius 2 is 2.54 bits per heavy atom. The number of hydrogen-bond acceptors (Lipinski definition) is 3. The van der Waals surface area contributed by atoms with Crippen molar-refractivity contribution in [3.8, 4) is 0 Å². The van der Waals surface area contributed by atoms with Gasteiger partial charge in [0.15, 0.2) is 0 Å². The van der Waals surface area contributed by atoms with E-state index in [1.165, 1.54) is 0 Å². The Kier molecular flexibility index (Phi) is 3.47. The van der Waals surface area contributed by atoms with Crippen LogP contribution in [0, 0.1) is 0 Å². The molecule has 5 nitrogen and oxygen atoms in total. The highest BCUT2D eigenvalue weighted by molar-refractivity contribution is 5.85. The number of pyridine rings is 1. The topological polar surface area (TPSA) is 74.0 Å². The van der Waals surface area contributed by atoms with Gasteiger partial charge in [-0.1, -0.05) is 5.11 Å². The summed E-state index contributed by atoms with van der Waals surface area (Å²) in [5.41, 5.74) is 9.55. The molecular formula is C8H9N5. The van der Waals surface area contributed by atoms with Gasteiger partial charge in [-0.3, -0.25) is 9.98 Å². The Morgan fingerprint density at radius 3 is 3.23 bits per heavy atom. The number of azide groups is 1. The first-order valence-corrected chi connectivity index (χ1v) is 3.87. The lowest BCUT2D eigenvalue weighted by Crippen LogP contribution is -1.84. The molecule has 1 rings (SSSR count). The molecule has 1 aromatic heterocycles. The number of aliphatic imine (C=N–C) groups is 1. The molecule has 1 aromatic rings. The average Bonchev–Trinajstić information content (AvgIpc) is 2.17. The molecule has 66 valence electrons. The molecule has 5 heteroatoms. The lowest BCUT2D eigenvalue weighted by molar-refractivity contribution is 1.14. The Labute approximate surface area is 75.8 Å². The highest BCUT2D eigenvalue weighted by Gasteiger charge is 1.95. The normalized spacial score (nSPS) is 9.92. The second-order valence-electron chi connectivity index (χ2n) is 2.25. The molecule has 0 aliphatic carbocycles. The Hall–Kier alpha value is -1.87. The lowest BCUT2D eigenvalue weighted by Gasteiger charge is -1.95. The largest absolute Gasteiger partial charge is 0.293 e. The first-order chi connectivity index (χ1) is 6.38. The SMILES string of the molecule is CCN=Cc1cnccc1N=[N+]=[N-]. The summed E-state index contributed by atoms with van der Waals surface area (Å²) in [6.45, 7) is 2.63. The quantitative estimate of drug-likeness (QED) is 0.301. The number of hydrogen-bond donors (Lipinski definition) is 0.